The third-order valence-corrected chi connectivity index (χ3v) is 11.5. The van der Waals surface area contributed by atoms with Gasteiger partial charge < -0.3 is 4.90 Å². The van der Waals surface area contributed by atoms with Crippen molar-refractivity contribution in [3.8, 4) is 33.4 Å². The molecule has 244 valence electrons. The van der Waals surface area contributed by atoms with Crippen LogP contribution in [0, 0.1) is 0 Å². The number of nitrogens with zero attached hydrogens (tertiary/aromatic N) is 1. The fourth-order valence-electron chi connectivity index (χ4n) is 7.76. The van der Waals surface area contributed by atoms with Gasteiger partial charge in [-0.3, -0.25) is 0 Å². The van der Waals surface area contributed by atoms with Gasteiger partial charge >= 0.3 is 0 Å². The van der Waals surface area contributed by atoms with E-state index in [1.807, 2.05) is 11.3 Å². The van der Waals surface area contributed by atoms with Gasteiger partial charge in [0.25, 0.3) is 0 Å². The minimum atomic E-state index is 1.11. The molecule has 9 aromatic carbocycles. The topological polar surface area (TPSA) is 3.24 Å². The molecule has 1 aromatic heterocycles. The van der Waals surface area contributed by atoms with Crippen molar-refractivity contribution < 1.29 is 0 Å². The van der Waals surface area contributed by atoms with Crippen LogP contribution in [-0.2, 0) is 0 Å². The molecular formula is C50H33NS. The quantitative estimate of drug-likeness (QED) is 0.169. The molecule has 0 saturated heterocycles. The zero-order chi connectivity index (χ0) is 34.4. The molecule has 2 heteroatoms. The van der Waals surface area contributed by atoms with Crippen molar-refractivity contribution >= 4 is 70.1 Å². The molecule has 0 fully saturated rings. The number of benzene rings is 9. The van der Waals surface area contributed by atoms with E-state index in [1.165, 1.54) is 75.1 Å². The summed E-state index contributed by atoms with van der Waals surface area (Å²) in [5.41, 5.74) is 10.7. The van der Waals surface area contributed by atoms with Crippen molar-refractivity contribution in [2.24, 2.45) is 0 Å². The van der Waals surface area contributed by atoms with E-state index in [0.717, 1.165) is 17.1 Å². The van der Waals surface area contributed by atoms with Gasteiger partial charge in [0.2, 0.25) is 0 Å². The van der Waals surface area contributed by atoms with Gasteiger partial charge in [-0.25, -0.2) is 0 Å². The summed E-state index contributed by atoms with van der Waals surface area (Å²) in [7, 11) is 0. The molecule has 0 saturated carbocycles. The summed E-state index contributed by atoms with van der Waals surface area (Å²) in [5, 5.41) is 7.80. The number of thiophene rings is 1. The van der Waals surface area contributed by atoms with Gasteiger partial charge in [0.15, 0.2) is 0 Å². The lowest BCUT2D eigenvalue weighted by molar-refractivity contribution is 1.28. The van der Waals surface area contributed by atoms with E-state index in [1.54, 1.807) is 0 Å². The van der Waals surface area contributed by atoms with Gasteiger partial charge in [-0.2, -0.15) is 0 Å². The number of hydrogen-bond donors (Lipinski definition) is 0. The number of anilines is 3. The Morgan fingerprint density at radius 2 is 0.885 bits per heavy atom. The summed E-state index contributed by atoms with van der Waals surface area (Å²) in [4.78, 5) is 2.37. The van der Waals surface area contributed by atoms with E-state index in [4.69, 9.17) is 0 Å². The van der Waals surface area contributed by atoms with Gasteiger partial charge in [0.05, 0.1) is 0 Å². The summed E-state index contributed by atoms with van der Waals surface area (Å²) < 4.78 is 2.66. The van der Waals surface area contributed by atoms with Crippen LogP contribution in [0.15, 0.2) is 200 Å². The van der Waals surface area contributed by atoms with Crippen LogP contribution in [0.3, 0.4) is 0 Å². The lowest BCUT2D eigenvalue weighted by atomic mass is 9.98. The zero-order valence-electron chi connectivity index (χ0n) is 28.4. The second-order valence-electron chi connectivity index (χ2n) is 13.3. The lowest BCUT2D eigenvalue weighted by Gasteiger charge is -2.26. The first-order valence-corrected chi connectivity index (χ1v) is 18.6. The van der Waals surface area contributed by atoms with Crippen LogP contribution < -0.4 is 4.90 Å². The minimum Gasteiger partial charge on any atom is -0.310 e. The molecule has 0 aliphatic heterocycles. The molecule has 0 atom stereocenters. The standard InChI is InChI=1S/C50H33NS/c1-2-11-34(12-3-1)39-16-8-17-42(33-39)51(40-28-23-37(24-29-40)44-20-9-15-35-13-4-6-18-43(35)44)41-30-25-38(26-31-41)46-21-10-22-47-49-45-19-7-5-14-36(45)27-32-48(49)52-50(46)47/h1-33H. The predicted octanol–water partition coefficient (Wildman–Crippen LogP) is 14.8. The summed E-state index contributed by atoms with van der Waals surface area (Å²) in [6.07, 6.45) is 0. The Morgan fingerprint density at radius 1 is 0.327 bits per heavy atom. The Labute approximate surface area is 307 Å². The van der Waals surface area contributed by atoms with Crippen LogP contribution in [0.2, 0.25) is 0 Å². The molecule has 0 N–H and O–H groups in total. The van der Waals surface area contributed by atoms with Gasteiger partial charge in [0, 0.05) is 37.2 Å². The number of rotatable bonds is 6. The molecule has 0 aliphatic rings. The molecule has 1 nitrogen and oxygen atoms in total. The largest absolute Gasteiger partial charge is 0.310 e. The van der Waals surface area contributed by atoms with Gasteiger partial charge in [0.1, 0.15) is 0 Å². The first-order valence-electron chi connectivity index (χ1n) is 17.8. The average molecular weight is 680 g/mol. The predicted molar refractivity (Wildman–Crippen MR) is 225 cm³/mol. The summed E-state index contributed by atoms with van der Waals surface area (Å²) in [5.74, 6) is 0. The second-order valence-corrected chi connectivity index (χ2v) is 14.4. The van der Waals surface area contributed by atoms with Crippen molar-refractivity contribution in [1.82, 2.24) is 0 Å². The highest BCUT2D eigenvalue weighted by Crippen LogP contribution is 2.44. The Hall–Kier alpha value is -6.48. The molecule has 0 spiro atoms. The molecule has 10 aromatic rings. The molecule has 0 bridgehead atoms. The molecule has 52 heavy (non-hydrogen) atoms. The number of fused-ring (bicyclic) bond motifs is 6. The van der Waals surface area contributed by atoms with Crippen molar-refractivity contribution in [3.05, 3.63) is 200 Å². The zero-order valence-corrected chi connectivity index (χ0v) is 29.2. The molecule has 0 amide bonds. The highest BCUT2D eigenvalue weighted by Gasteiger charge is 2.17. The number of hydrogen-bond acceptors (Lipinski definition) is 2. The van der Waals surface area contributed by atoms with Gasteiger partial charge in [-0.1, -0.05) is 158 Å². The lowest BCUT2D eigenvalue weighted by Crippen LogP contribution is -2.10. The molecule has 10 rings (SSSR count). The smallest absolute Gasteiger partial charge is 0.0467 e. The molecule has 0 radical (unpaired) electrons. The Balaban J connectivity index is 1.08. The van der Waals surface area contributed by atoms with Crippen molar-refractivity contribution in [2.75, 3.05) is 4.90 Å². The van der Waals surface area contributed by atoms with E-state index in [9.17, 15) is 0 Å². The minimum absolute atomic E-state index is 1.11. The third kappa shape index (κ3) is 5.24. The van der Waals surface area contributed by atoms with Crippen LogP contribution >= 0.6 is 11.3 Å². The molecular weight excluding hydrogens is 647 g/mol. The normalized spacial score (nSPS) is 11.5. The van der Waals surface area contributed by atoms with Crippen LogP contribution in [0.5, 0.6) is 0 Å². The second kappa shape index (κ2) is 12.7. The fourth-order valence-corrected chi connectivity index (χ4v) is 9.01. The van der Waals surface area contributed by atoms with Crippen molar-refractivity contribution in [3.63, 3.8) is 0 Å². The van der Waals surface area contributed by atoms with E-state index in [-0.39, 0.29) is 0 Å². The molecule has 1 heterocycles. The van der Waals surface area contributed by atoms with Gasteiger partial charge in [-0.15, -0.1) is 11.3 Å². The Bertz CT molecular complexity index is 2880. The van der Waals surface area contributed by atoms with Crippen LogP contribution in [0.4, 0.5) is 17.1 Å². The van der Waals surface area contributed by atoms with E-state index in [0.29, 0.717) is 0 Å². The summed E-state index contributed by atoms with van der Waals surface area (Å²) in [6.45, 7) is 0. The van der Waals surface area contributed by atoms with Gasteiger partial charge in [-0.05, 0) is 97.4 Å². The molecule has 0 aliphatic carbocycles. The molecule has 0 unspecified atom stereocenters. The van der Waals surface area contributed by atoms with Crippen LogP contribution in [0.25, 0.3) is 75.1 Å². The third-order valence-electron chi connectivity index (χ3n) is 10.3. The fraction of sp³-hybridized carbons (Fsp3) is 0. The van der Waals surface area contributed by atoms with Crippen LogP contribution in [-0.4, -0.2) is 0 Å². The van der Waals surface area contributed by atoms with Crippen molar-refractivity contribution in [1.29, 1.82) is 0 Å². The highest BCUT2D eigenvalue weighted by atomic mass is 32.1. The first-order chi connectivity index (χ1) is 25.8. The summed E-state index contributed by atoms with van der Waals surface area (Å²) in [6, 6.07) is 72.8. The average Bonchev–Trinajstić information content (AvgIpc) is 3.62. The first kappa shape index (κ1) is 30.4. The monoisotopic (exact) mass is 679 g/mol. The maximum atomic E-state index is 2.37. The maximum absolute atomic E-state index is 2.37. The van der Waals surface area contributed by atoms with E-state index < -0.39 is 0 Å². The van der Waals surface area contributed by atoms with Crippen molar-refractivity contribution in [2.45, 2.75) is 0 Å². The summed E-state index contributed by atoms with van der Waals surface area (Å²) >= 11 is 1.89. The van der Waals surface area contributed by atoms with E-state index >= 15 is 0 Å². The Morgan fingerprint density at radius 3 is 1.65 bits per heavy atom. The highest BCUT2D eigenvalue weighted by molar-refractivity contribution is 7.26. The maximum Gasteiger partial charge on any atom is 0.0467 e. The van der Waals surface area contributed by atoms with E-state index in [2.05, 4.69) is 205 Å². The SMILES string of the molecule is c1ccc(-c2cccc(N(c3ccc(-c4cccc5ccccc45)cc3)c3ccc(-c4cccc5c4sc4ccc6ccccc6c45)cc3)c2)cc1. The van der Waals surface area contributed by atoms with Crippen LogP contribution in [0.1, 0.15) is 0 Å². The Kier molecular flexibility index (Phi) is 7.41.